The highest BCUT2D eigenvalue weighted by Crippen LogP contribution is 2.27. The third-order valence-electron chi connectivity index (χ3n) is 6.17. The van der Waals surface area contributed by atoms with Crippen molar-refractivity contribution in [2.45, 2.75) is 27.0 Å². The lowest BCUT2D eigenvalue weighted by atomic mass is 10.1. The molecule has 7 nitrogen and oxygen atoms in total. The Morgan fingerprint density at radius 2 is 1.80 bits per heavy atom. The van der Waals surface area contributed by atoms with Crippen LogP contribution >= 0.6 is 0 Å². The van der Waals surface area contributed by atoms with Crippen LogP contribution in [0, 0.1) is 13.8 Å². The highest BCUT2D eigenvalue weighted by Gasteiger charge is 2.15. The number of hydrogen-bond donors (Lipinski definition) is 1. The molecule has 0 aliphatic rings. The summed E-state index contributed by atoms with van der Waals surface area (Å²) in [4.78, 5) is 16.0. The molecule has 0 saturated heterocycles. The second-order valence-corrected chi connectivity index (χ2v) is 8.77. The molecule has 2 aromatic heterocycles. The number of fused-ring (bicyclic) bond motifs is 1. The van der Waals surface area contributed by atoms with Crippen molar-refractivity contribution >= 4 is 17.0 Å². The molecule has 7 heteroatoms. The van der Waals surface area contributed by atoms with E-state index in [-0.39, 0.29) is 12.2 Å². The van der Waals surface area contributed by atoms with Gasteiger partial charge in [0.2, 0.25) is 0 Å². The van der Waals surface area contributed by atoms with Crippen LogP contribution in [0.25, 0.3) is 22.2 Å². The Kier molecular flexibility index (Phi) is 5.82. The number of imidazole rings is 1. The van der Waals surface area contributed by atoms with Gasteiger partial charge in [0.25, 0.3) is 0 Å². The minimum Gasteiger partial charge on any atom is -0.486 e. The van der Waals surface area contributed by atoms with Crippen molar-refractivity contribution < 1.29 is 14.6 Å². The minimum absolute atomic E-state index is 0.224. The van der Waals surface area contributed by atoms with Crippen LogP contribution in [0.15, 0.2) is 73.1 Å². The first kappa shape index (κ1) is 22.4. The van der Waals surface area contributed by atoms with Gasteiger partial charge in [0.1, 0.15) is 18.2 Å². The number of aryl methyl sites for hydroxylation is 3. The lowest BCUT2D eigenvalue weighted by Gasteiger charge is -2.13. The van der Waals surface area contributed by atoms with Crippen molar-refractivity contribution in [1.82, 2.24) is 19.3 Å². The van der Waals surface area contributed by atoms with Crippen LogP contribution in [0.3, 0.4) is 0 Å². The first-order chi connectivity index (χ1) is 16.9. The van der Waals surface area contributed by atoms with Gasteiger partial charge >= 0.3 is 5.97 Å². The zero-order valence-corrected chi connectivity index (χ0v) is 19.9. The second kappa shape index (κ2) is 9.10. The molecule has 176 valence electrons. The average Bonchev–Trinajstić information content (AvgIpc) is 3.43. The number of benzene rings is 3. The zero-order valence-electron chi connectivity index (χ0n) is 19.9. The quantitative estimate of drug-likeness (QED) is 0.348. The molecule has 0 aliphatic carbocycles. The average molecular weight is 467 g/mol. The van der Waals surface area contributed by atoms with Crippen molar-refractivity contribution in [2.24, 2.45) is 7.05 Å². The third-order valence-corrected chi connectivity index (χ3v) is 6.17. The highest BCUT2D eigenvalue weighted by atomic mass is 16.5. The van der Waals surface area contributed by atoms with Crippen molar-refractivity contribution in [3.63, 3.8) is 0 Å². The van der Waals surface area contributed by atoms with Gasteiger partial charge in [0, 0.05) is 25.4 Å². The van der Waals surface area contributed by atoms with Crippen LogP contribution in [0.2, 0.25) is 0 Å². The molecule has 5 aromatic rings. The molecule has 5 rings (SSSR count). The lowest BCUT2D eigenvalue weighted by molar-refractivity contribution is 0.0697. The molecule has 0 saturated carbocycles. The van der Waals surface area contributed by atoms with Gasteiger partial charge in [0.15, 0.2) is 0 Å². The Labute approximate surface area is 203 Å². The summed E-state index contributed by atoms with van der Waals surface area (Å²) in [6.07, 6.45) is 3.86. The maximum absolute atomic E-state index is 11.1. The first-order valence-corrected chi connectivity index (χ1v) is 11.4. The largest absolute Gasteiger partial charge is 0.486 e. The van der Waals surface area contributed by atoms with Gasteiger partial charge < -0.3 is 14.4 Å². The zero-order chi connectivity index (χ0) is 24.5. The van der Waals surface area contributed by atoms with E-state index in [0.717, 1.165) is 28.0 Å². The van der Waals surface area contributed by atoms with Crippen LogP contribution in [-0.2, 0) is 20.2 Å². The lowest BCUT2D eigenvalue weighted by Crippen LogP contribution is -2.09. The van der Waals surface area contributed by atoms with Crippen molar-refractivity contribution in [3.8, 4) is 16.9 Å². The number of aromatic carboxylic acids is 1. The third kappa shape index (κ3) is 4.66. The monoisotopic (exact) mass is 466 g/mol. The topological polar surface area (TPSA) is 82.2 Å². The summed E-state index contributed by atoms with van der Waals surface area (Å²) in [5, 5.41) is 13.4. The maximum Gasteiger partial charge on any atom is 0.335 e. The highest BCUT2D eigenvalue weighted by molar-refractivity contribution is 5.87. The summed E-state index contributed by atoms with van der Waals surface area (Å²) in [5.74, 6) is 0.430. The summed E-state index contributed by atoms with van der Waals surface area (Å²) in [5.41, 5.74) is 7.91. The Balaban J connectivity index is 1.54. The minimum atomic E-state index is -0.962. The number of rotatable bonds is 7. The Hall–Kier alpha value is -4.39. The van der Waals surface area contributed by atoms with Gasteiger partial charge in [-0.1, -0.05) is 29.8 Å². The SMILES string of the molecule is Cc1ccc(C)c(Cn2c(COc3ccc(C(=O)O)cc3)nc3ccc(-c4cnn(C)c4)cc32)c1. The summed E-state index contributed by atoms with van der Waals surface area (Å²) in [7, 11) is 1.91. The molecule has 0 spiro atoms. The van der Waals surface area contributed by atoms with Crippen LogP contribution in [0.1, 0.15) is 32.9 Å². The van der Waals surface area contributed by atoms with E-state index >= 15 is 0 Å². The fraction of sp³-hybridized carbons (Fsp3) is 0.179. The molecule has 0 bridgehead atoms. The molecule has 0 fully saturated rings. The molecule has 0 aliphatic heterocycles. The first-order valence-electron chi connectivity index (χ1n) is 11.4. The number of carbonyl (C=O) groups is 1. The fourth-order valence-corrected chi connectivity index (χ4v) is 4.19. The summed E-state index contributed by atoms with van der Waals surface area (Å²) in [6.45, 7) is 5.14. The normalized spacial score (nSPS) is 11.2. The number of carboxylic acid groups (broad SMARTS) is 1. The predicted octanol–water partition coefficient (Wildman–Crippen LogP) is 5.38. The predicted molar refractivity (Wildman–Crippen MR) is 135 cm³/mol. The summed E-state index contributed by atoms with van der Waals surface area (Å²) >= 11 is 0. The van der Waals surface area contributed by atoms with Crippen LogP contribution < -0.4 is 4.74 Å². The fourth-order valence-electron chi connectivity index (χ4n) is 4.19. The second-order valence-electron chi connectivity index (χ2n) is 8.77. The molecule has 0 amide bonds. The van der Waals surface area contributed by atoms with E-state index in [1.54, 1.807) is 16.8 Å². The van der Waals surface area contributed by atoms with Crippen LogP contribution in [0.5, 0.6) is 5.75 Å². The van der Waals surface area contributed by atoms with E-state index in [9.17, 15) is 4.79 Å². The summed E-state index contributed by atoms with van der Waals surface area (Å²) in [6, 6.07) is 19.1. The van der Waals surface area contributed by atoms with Crippen molar-refractivity contribution in [1.29, 1.82) is 0 Å². The Bertz CT molecular complexity index is 1530. The van der Waals surface area contributed by atoms with Crippen molar-refractivity contribution in [3.05, 3.63) is 101 Å². The van der Waals surface area contributed by atoms with Crippen LogP contribution in [-0.4, -0.2) is 30.4 Å². The van der Waals surface area contributed by atoms with E-state index in [2.05, 4.69) is 53.8 Å². The number of aromatic nitrogens is 4. The smallest absolute Gasteiger partial charge is 0.335 e. The van der Waals surface area contributed by atoms with E-state index in [4.69, 9.17) is 14.8 Å². The number of nitrogens with zero attached hydrogens (tertiary/aromatic N) is 4. The van der Waals surface area contributed by atoms with Gasteiger partial charge in [-0.05, 0) is 66.9 Å². The van der Waals surface area contributed by atoms with Gasteiger partial charge in [-0.25, -0.2) is 9.78 Å². The number of carboxylic acids is 1. The molecular weight excluding hydrogens is 440 g/mol. The van der Waals surface area contributed by atoms with E-state index in [1.165, 1.54) is 28.8 Å². The molecule has 35 heavy (non-hydrogen) atoms. The van der Waals surface area contributed by atoms with Gasteiger partial charge in [-0.3, -0.25) is 4.68 Å². The van der Waals surface area contributed by atoms with E-state index in [1.807, 2.05) is 25.5 Å². The maximum atomic E-state index is 11.1. The summed E-state index contributed by atoms with van der Waals surface area (Å²) < 4.78 is 10.0. The molecule has 1 N–H and O–H groups in total. The van der Waals surface area contributed by atoms with E-state index < -0.39 is 5.97 Å². The molecular formula is C28H26N4O3. The molecule has 3 aromatic carbocycles. The number of hydrogen-bond acceptors (Lipinski definition) is 4. The van der Waals surface area contributed by atoms with Gasteiger partial charge in [-0.15, -0.1) is 0 Å². The van der Waals surface area contributed by atoms with Crippen molar-refractivity contribution in [2.75, 3.05) is 0 Å². The van der Waals surface area contributed by atoms with E-state index in [0.29, 0.717) is 12.3 Å². The van der Waals surface area contributed by atoms with Gasteiger partial charge in [-0.2, -0.15) is 5.10 Å². The number of ether oxygens (including phenoxy) is 1. The Morgan fingerprint density at radius 1 is 1.00 bits per heavy atom. The van der Waals surface area contributed by atoms with Crippen LogP contribution in [0.4, 0.5) is 0 Å². The molecule has 0 unspecified atom stereocenters. The van der Waals surface area contributed by atoms with Gasteiger partial charge in [0.05, 0.1) is 22.8 Å². The molecule has 2 heterocycles. The molecule has 0 radical (unpaired) electrons. The Morgan fingerprint density at radius 3 is 2.51 bits per heavy atom. The molecule has 0 atom stereocenters. The standard InChI is InChI=1S/C28H26N4O3/c1-18-4-5-19(2)22(12-18)16-32-26-13-21(23-14-29-31(3)15-23)8-11-25(26)30-27(32)17-35-24-9-6-20(7-10-24)28(33)34/h4-15H,16-17H2,1-3H3,(H,33,34).